The van der Waals surface area contributed by atoms with Crippen molar-refractivity contribution in [3.8, 4) is 11.5 Å². The summed E-state index contributed by atoms with van der Waals surface area (Å²) in [5.41, 5.74) is 5.91. The van der Waals surface area contributed by atoms with Crippen molar-refractivity contribution in [2.24, 2.45) is 0 Å². The number of aromatic nitrogens is 4. The number of nitrogens with zero attached hydrogens (tertiary/aromatic N) is 4. The summed E-state index contributed by atoms with van der Waals surface area (Å²) in [5, 5.41) is 8.59. The van der Waals surface area contributed by atoms with Crippen LogP contribution in [0.3, 0.4) is 0 Å². The first kappa shape index (κ1) is 25.0. The summed E-state index contributed by atoms with van der Waals surface area (Å²) in [6.45, 7) is 1.37. The van der Waals surface area contributed by atoms with Crippen molar-refractivity contribution in [2.75, 3.05) is 14.2 Å². The van der Waals surface area contributed by atoms with Crippen molar-refractivity contribution in [2.45, 2.75) is 37.2 Å². The van der Waals surface area contributed by atoms with Crippen LogP contribution in [0.5, 0.6) is 11.5 Å². The van der Waals surface area contributed by atoms with E-state index in [1.54, 1.807) is 26.6 Å². The Morgan fingerprint density at radius 2 is 1.30 bits per heavy atom. The molecule has 0 amide bonds. The van der Waals surface area contributed by atoms with E-state index < -0.39 is 0 Å². The maximum Gasteiger partial charge on any atom is 0.180 e. The van der Waals surface area contributed by atoms with Crippen LogP contribution in [-0.2, 0) is 25.9 Å². The van der Waals surface area contributed by atoms with Gasteiger partial charge in [-0.1, -0.05) is 40.2 Å². The second kappa shape index (κ2) is 10.7. The van der Waals surface area contributed by atoms with Crippen LogP contribution in [0.25, 0.3) is 0 Å². The highest BCUT2D eigenvalue weighted by molar-refractivity contribution is 9.10. The standard InChI is InChI=1S/C14H13BrN2O2.C14H14N2O2/c1-19-10-4-2-9(3-5-10)8-17-13-6-12(15)14(18)11(13)7-16-17;1-18-11-4-2-10(3-5-11)9-16-13-6-7-14(17)12(13)8-15-16/h2-5,7,12H,6,8H2,1H3;2-5,8H,6-7,9H2,1H3. The van der Waals surface area contributed by atoms with Gasteiger partial charge in [0, 0.05) is 12.8 Å². The molecule has 2 aliphatic rings. The third kappa shape index (κ3) is 5.22. The Hall–Kier alpha value is -3.72. The number of carbonyl (C=O) groups excluding carboxylic acids is 2. The number of ether oxygens (including phenoxy) is 2. The Morgan fingerprint density at radius 1 is 0.784 bits per heavy atom. The maximum absolute atomic E-state index is 11.8. The van der Waals surface area contributed by atoms with E-state index in [1.807, 2.05) is 57.9 Å². The molecule has 0 N–H and O–H groups in total. The zero-order chi connectivity index (χ0) is 25.9. The van der Waals surface area contributed by atoms with Crippen LogP contribution in [0.4, 0.5) is 0 Å². The van der Waals surface area contributed by atoms with Gasteiger partial charge in [-0.15, -0.1) is 0 Å². The van der Waals surface area contributed by atoms with Gasteiger partial charge in [0.15, 0.2) is 11.6 Å². The molecule has 37 heavy (non-hydrogen) atoms. The average Bonchev–Trinajstić information content (AvgIpc) is 3.67. The largest absolute Gasteiger partial charge is 0.497 e. The van der Waals surface area contributed by atoms with Crippen molar-refractivity contribution in [3.05, 3.63) is 94.6 Å². The van der Waals surface area contributed by atoms with E-state index in [9.17, 15) is 9.59 Å². The third-order valence-corrected chi connectivity index (χ3v) is 7.43. The van der Waals surface area contributed by atoms with E-state index >= 15 is 0 Å². The highest BCUT2D eigenvalue weighted by Crippen LogP contribution is 2.27. The molecule has 0 bridgehead atoms. The molecule has 0 spiro atoms. The number of benzene rings is 2. The molecule has 0 saturated heterocycles. The molecule has 6 rings (SSSR count). The van der Waals surface area contributed by atoms with Gasteiger partial charge in [-0.05, 0) is 41.8 Å². The molecule has 4 aromatic rings. The summed E-state index contributed by atoms with van der Waals surface area (Å²) in [7, 11) is 3.30. The maximum atomic E-state index is 11.8. The van der Waals surface area contributed by atoms with Crippen molar-refractivity contribution in [1.29, 1.82) is 0 Å². The number of halogens is 1. The van der Waals surface area contributed by atoms with Crippen LogP contribution in [0.2, 0.25) is 0 Å². The Morgan fingerprint density at radius 3 is 1.84 bits per heavy atom. The smallest absolute Gasteiger partial charge is 0.180 e. The molecule has 0 radical (unpaired) electrons. The Kier molecular flexibility index (Phi) is 7.23. The lowest BCUT2D eigenvalue weighted by Crippen LogP contribution is -2.09. The summed E-state index contributed by atoms with van der Waals surface area (Å²) in [4.78, 5) is 23.3. The topological polar surface area (TPSA) is 88.2 Å². The van der Waals surface area contributed by atoms with E-state index in [-0.39, 0.29) is 16.4 Å². The highest BCUT2D eigenvalue weighted by Gasteiger charge is 2.32. The zero-order valence-electron chi connectivity index (χ0n) is 20.7. The summed E-state index contributed by atoms with van der Waals surface area (Å²) in [5.74, 6) is 2.03. The minimum Gasteiger partial charge on any atom is -0.497 e. The highest BCUT2D eigenvalue weighted by atomic mass is 79.9. The molecule has 0 aliphatic heterocycles. The van der Waals surface area contributed by atoms with Gasteiger partial charge in [0.1, 0.15) is 11.5 Å². The van der Waals surface area contributed by atoms with Crippen LogP contribution in [0.15, 0.2) is 60.9 Å². The molecule has 2 aliphatic carbocycles. The predicted molar refractivity (Wildman–Crippen MR) is 142 cm³/mol. The molecule has 2 heterocycles. The van der Waals surface area contributed by atoms with Crippen LogP contribution >= 0.6 is 15.9 Å². The predicted octanol–water partition coefficient (Wildman–Crippen LogP) is 4.51. The molecule has 1 unspecified atom stereocenters. The number of hydrogen-bond donors (Lipinski definition) is 0. The van der Waals surface area contributed by atoms with E-state index in [1.165, 1.54) is 0 Å². The third-order valence-electron chi connectivity index (χ3n) is 6.69. The normalized spacial score (nSPS) is 15.7. The Labute approximate surface area is 223 Å². The molecule has 190 valence electrons. The summed E-state index contributed by atoms with van der Waals surface area (Å²) >= 11 is 3.39. The minimum atomic E-state index is -0.0948. The van der Waals surface area contributed by atoms with Crippen LogP contribution in [0, 0.1) is 0 Å². The number of rotatable bonds is 6. The molecule has 2 aromatic heterocycles. The number of carbonyl (C=O) groups is 2. The Balaban J connectivity index is 0.000000152. The second-order valence-corrected chi connectivity index (χ2v) is 10.1. The molecule has 9 heteroatoms. The van der Waals surface area contributed by atoms with Crippen molar-refractivity contribution in [1.82, 2.24) is 19.6 Å². The van der Waals surface area contributed by atoms with Gasteiger partial charge in [-0.3, -0.25) is 19.0 Å². The molecule has 2 aromatic carbocycles. The van der Waals surface area contributed by atoms with Gasteiger partial charge >= 0.3 is 0 Å². The van der Waals surface area contributed by atoms with Gasteiger partial charge in [0.2, 0.25) is 0 Å². The van der Waals surface area contributed by atoms with Crippen LogP contribution in [-0.4, -0.2) is 50.2 Å². The molecule has 0 fully saturated rings. The van der Waals surface area contributed by atoms with Gasteiger partial charge in [-0.25, -0.2) is 0 Å². The fourth-order valence-electron chi connectivity index (χ4n) is 4.62. The number of alkyl halides is 1. The summed E-state index contributed by atoms with van der Waals surface area (Å²) in [6, 6.07) is 15.8. The quantitative estimate of drug-likeness (QED) is 0.321. The fraction of sp³-hybridized carbons (Fsp3) is 0.286. The average molecular weight is 563 g/mol. The zero-order valence-corrected chi connectivity index (χ0v) is 22.3. The van der Waals surface area contributed by atoms with E-state index in [0.717, 1.165) is 51.6 Å². The van der Waals surface area contributed by atoms with Gasteiger partial charge in [-0.2, -0.15) is 10.2 Å². The minimum absolute atomic E-state index is 0.0948. The lowest BCUT2D eigenvalue weighted by Gasteiger charge is -2.07. The van der Waals surface area contributed by atoms with Gasteiger partial charge < -0.3 is 9.47 Å². The summed E-state index contributed by atoms with van der Waals surface area (Å²) in [6.07, 6.45) is 5.50. The lowest BCUT2D eigenvalue weighted by molar-refractivity contribution is 0.0989. The van der Waals surface area contributed by atoms with Crippen molar-refractivity contribution >= 4 is 27.5 Å². The Bertz CT molecular complexity index is 1420. The van der Waals surface area contributed by atoms with E-state index in [2.05, 4.69) is 26.1 Å². The van der Waals surface area contributed by atoms with Crippen LogP contribution in [0.1, 0.15) is 49.7 Å². The number of hydrogen-bond acceptors (Lipinski definition) is 6. The van der Waals surface area contributed by atoms with Gasteiger partial charge in [0.25, 0.3) is 0 Å². The number of methoxy groups -OCH3 is 2. The van der Waals surface area contributed by atoms with E-state index in [4.69, 9.17) is 9.47 Å². The van der Waals surface area contributed by atoms with E-state index in [0.29, 0.717) is 25.9 Å². The van der Waals surface area contributed by atoms with Crippen LogP contribution < -0.4 is 9.47 Å². The van der Waals surface area contributed by atoms with Crippen molar-refractivity contribution in [3.63, 3.8) is 0 Å². The number of fused-ring (bicyclic) bond motifs is 2. The molecule has 0 saturated carbocycles. The monoisotopic (exact) mass is 562 g/mol. The molecular formula is C28H27BrN4O4. The SMILES string of the molecule is COc1ccc(Cn2ncc3c2CC(Br)C3=O)cc1.COc1ccc(Cn2ncc3c2CCC3=O)cc1. The molecular weight excluding hydrogens is 536 g/mol. The van der Waals surface area contributed by atoms with Gasteiger partial charge in [0.05, 0.1) is 67.0 Å². The number of ketones is 2. The fourth-order valence-corrected chi connectivity index (χ4v) is 5.17. The molecule has 8 nitrogen and oxygen atoms in total. The first-order valence-electron chi connectivity index (χ1n) is 12.0. The molecule has 1 atom stereocenters. The first-order valence-corrected chi connectivity index (χ1v) is 12.9. The number of Topliss-reactive ketones (excluding diaryl/α,β-unsaturated/α-hetero) is 2. The second-order valence-electron chi connectivity index (χ2n) is 8.98. The lowest BCUT2D eigenvalue weighted by atomic mass is 10.2. The first-order chi connectivity index (χ1) is 18.0. The summed E-state index contributed by atoms with van der Waals surface area (Å²) < 4.78 is 14.1. The van der Waals surface area contributed by atoms with Crippen molar-refractivity contribution < 1.29 is 19.1 Å².